The van der Waals surface area contributed by atoms with E-state index in [1.54, 1.807) is 0 Å². The van der Waals surface area contributed by atoms with Gasteiger partial charge in [-0.3, -0.25) is 4.79 Å². The van der Waals surface area contributed by atoms with Gasteiger partial charge in [0.15, 0.2) is 15.4 Å². The highest BCUT2D eigenvalue weighted by Crippen LogP contribution is 2.29. The van der Waals surface area contributed by atoms with E-state index in [0.717, 1.165) is 4.90 Å². The number of carbonyl (C=O) groups excluding carboxylic acids is 1. The molecule has 1 rings (SSSR count). The van der Waals surface area contributed by atoms with E-state index in [9.17, 15) is 26.4 Å². The van der Waals surface area contributed by atoms with Crippen LogP contribution >= 0.6 is 0 Å². The van der Waals surface area contributed by atoms with Gasteiger partial charge in [-0.2, -0.15) is 13.2 Å². The summed E-state index contributed by atoms with van der Waals surface area (Å²) in [5.74, 6) is -1.73. The van der Waals surface area contributed by atoms with Crippen molar-refractivity contribution in [3.8, 4) is 0 Å². The van der Waals surface area contributed by atoms with E-state index in [1.165, 1.54) is 0 Å². The van der Waals surface area contributed by atoms with Crippen LogP contribution in [0.25, 0.3) is 0 Å². The molecule has 1 saturated heterocycles. The number of amides is 1. The first-order chi connectivity index (χ1) is 7.97. The minimum absolute atomic E-state index is 0.0269. The van der Waals surface area contributed by atoms with Crippen LogP contribution in [0.1, 0.15) is 13.3 Å². The molecule has 2 N–H and O–H groups in total. The molecule has 0 spiro atoms. The van der Waals surface area contributed by atoms with E-state index in [4.69, 9.17) is 5.73 Å². The van der Waals surface area contributed by atoms with Crippen molar-refractivity contribution < 1.29 is 26.4 Å². The summed E-state index contributed by atoms with van der Waals surface area (Å²) in [6, 6.07) is 0. The smallest absolute Gasteiger partial charge is 0.340 e. The topological polar surface area (TPSA) is 80.5 Å². The summed E-state index contributed by atoms with van der Waals surface area (Å²) in [6.45, 7) is 0.319. The number of halogens is 3. The van der Waals surface area contributed by atoms with Gasteiger partial charge >= 0.3 is 6.18 Å². The SMILES string of the molecule is CC(N)(C(=O)N1CCCS(=O)(=O)CC1)C(F)(F)F. The minimum atomic E-state index is -4.87. The number of hydrogen-bond acceptors (Lipinski definition) is 4. The summed E-state index contributed by atoms with van der Waals surface area (Å²) in [5.41, 5.74) is 2.04. The first kappa shape index (κ1) is 15.2. The summed E-state index contributed by atoms with van der Waals surface area (Å²) in [4.78, 5) is 12.6. The number of sulfone groups is 1. The molecule has 5 nitrogen and oxygen atoms in total. The Bertz CT molecular complexity index is 431. The Balaban J connectivity index is 2.86. The monoisotopic (exact) mass is 288 g/mol. The molecule has 1 atom stereocenters. The lowest BCUT2D eigenvalue weighted by atomic mass is 10.0. The van der Waals surface area contributed by atoms with E-state index >= 15 is 0 Å². The molecule has 18 heavy (non-hydrogen) atoms. The van der Waals surface area contributed by atoms with Gasteiger partial charge in [-0.25, -0.2) is 8.42 Å². The van der Waals surface area contributed by atoms with E-state index in [1.807, 2.05) is 0 Å². The van der Waals surface area contributed by atoms with Crippen LogP contribution < -0.4 is 5.73 Å². The van der Waals surface area contributed by atoms with E-state index in [0.29, 0.717) is 6.92 Å². The van der Waals surface area contributed by atoms with Crippen LogP contribution in [0.4, 0.5) is 13.2 Å². The summed E-state index contributed by atoms with van der Waals surface area (Å²) in [5, 5.41) is 0. The Labute approximate surface area is 103 Å². The number of hydrogen-bond donors (Lipinski definition) is 1. The van der Waals surface area contributed by atoms with Crippen molar-refractivity contribution in [2.45, 2.75) is 25.1 Å². The number of carbonyl (C=O) groups is 1. The predicted molar refractivity (Wildman–Crippen MR) is 58.5 cm³/mol. The molecule has 1 aliphatic heterocycles. The van der Waals surface area contributed by atoms with E-state index < -0.39 is 27.5 Å². The minimum Gasteiger partial charge on any atom is -0.340 e. The summed E-state index contributed by atoms with van der Waals surface area (Å²) >= 11 is 0. The molecular weight excluding hydrogens is 273 g/mol. The zero-order chi connectivity index (χ0) is 14.2. The number of nitrogens with two attached hydrogens (primary N) is 1. The summed E-state index contributed by atoms with van der Waals surface area (Å²) < 4.78 is 60.4. The lowest BCUT2D eigenvalue weighted by Crippen LogP contribution is -2.62. The van der Waals surface area contributed by atoms with Crippen molar-refractivity contribution in [2.75, 3.05) is 24.6 Å². The van der Waals surface area contributed by atoms with Crippen molar-refractivity contribution in [3.05, 3.63) is 0 Å². The average Bonchev–Trinajstić information content (AvgIpc) is 2.36. The number of alkyl halides is 3. The van der Waals surface area contributed by atoms with Crippen LogP contribution in [-0.2, 0) is 14.6 Å². The fourth-order valence-corrected chi connectivity index (χ4v) is 2.86. The zero-order valence-electron chi connectivity index (χ0n) is 9.83. The van der Waals surface area contributed by atoms with Gasteiger partial charge < -0.3 is 10.6 Å². The van der Waals surface area contributed by atoms with Gasteiger partial charge in [0.25, 0.3) is 5.91 Å². The quantitative estimate of drug-likeness (QED) is 0.731. The molecule has 0 aromatic carbocycles. The van der Waals surface area contributed by atoms with Gasteiger partial charge in [0.2, 0.25) is 0 Å². The van der Waals surface area contributed by atoms with Crippen LogP contribution in [0.15, 0.2) is 0 Å². The second-order valence-corrected chi connectivity index (χ2v) is 6.80. The molecule has 1 unspecified atom stereocenters. The zero-order valence-corrected chi connectivity index (χ0v) is 10.6. The number of nitrogens with zero attached hydrogens (tertiary/aromatic N) is 1. The van der Waals surface area contributed by atoms with Gasteiger partial charge in [-0.15, -0.1) is 0 Å². The van der Waals surface area contributed by atoms with Crippen LogP contribution in [0.5, 0.6) is 0 Å². The maximum atomic E-state index is 12.6. The Morgan fingerprint density at radius 1 is 1.22 bits per heavy atom. The van der Waals surface area contributed by atoms with Crippen LogP contribution in [-0.4, -0.2) is 55.5 Å². The third kappa shape index (κ3) is 3.14. The first-order valence-corrected chi connectivity index (χ1v) is 7.15. The molecular formula is C9H15F3N2O3S. The molecule has 0 aromatic heterocycles. The normalized spacial score (nSPS) is 24.2. The second-order valence-electron chi connectivity index (χ2n) is 4.50. The van der Waals surface area contributed by atoms with Gasteiger partial charge in [0.1, 0.15) is 0 Å². The van der Waals surface area contributed by atoms with E-state index in [2.05, 4.69) is 0 Å². The van der Waals surface area contributed by atoms with Crippen LogP contribution in [0.2, 0.25) is 0 Å². The Morgan fingerprint density at radius 2 is 1.78 bits per heavy atom. The Kier molecular flexibility index (Phi) is 3.97. The lowest BCUT2D eigenvalue weighted by Gasteiger charge is -2.32. The van der Waals surface area contributed by atoms with Gasteiger partial charge in [0, 0.05) is 13.1 Å². The van der Waals surface area contributed by atoms with Crippen molar-refractivity contribution in [3.63, 3.8) is 0 Å². The van der Waals surface area contributed by atoms with Crippen molar-refractivity contribution in [1.82, 2.24) is 4.90 Å². The van der Waals surface area contributed by atoms with Crippen molar-refractivity contribution >= 4 is 15.7 Å². The molecule has 0 aliphatic carbocycles. The average molecular weight is 288 g/mol. The van der Waals surface area contributed by atoms with Crippen LogP contribution in [0.3, 0.4) is 0 Å². The fraction of sp³-hybridized carbons (Fsp3) is 0.889. The highest BCUT2D eigenvalue weighted by molar-refractivity contribution is 7.91. The third-order valence-electron chi connectivity index (χ3n) is 2.88. The Hall–Kier alpha value is -0.830. The second kappa shape index (κ2) is 4.69. The van der Waals surface area contributed by atoms with Crippen molar-refractivity contribution in [1.29, 1.82) is 0 Å². The summed E-state index contributed by atoms with van der Waals surface area (Å²) in [6.07, 6.45) is -4.74. The lowest BCUT2D eigenvalue weighted by molar-refractivity contribution is -0.193. The molecule has 0 saturated carbocycles. The molecule has 1 fully saturated rings. The molecule has 1 heterocycles. The molecule has 0 bridgehead atoms. The third-order valence-corrected chi connectivity index (χ3v) is 4.59. The highest BCUT2D eigenvalue weighted by atomic mass is 32.2. The predicted octanol–water partition coefficient (Wildman–Crippen LogP) is -0.0868. The van der Waals surface area contributed by atoms with E-state index in [-0.39, 0.29) is 31.0 Å². The maximum Gasteiger partial charge on any atom is 0.415 e. The van der Waals surface area contributed by atoms with Gasteiger partial charge in [-0.05, 0) is 13.3 Å². The van der Waals surface area contributed by atoms with Gasteiger partial charge in [-0.1, -0.05) is 0 Å². The molecule has 0 aromatic rings. The number of rotatable bonds is 1. The highest BCUT2D eigenvalue weighted by Gasteiger charge is 2.55. The fourth-order valence-electron chi connectivity index (χ4n) is 1.59. The molecule has 1 amide bonds. The molecule has 9 heteroatoms. The Morgan fingerprint density at radius 3 is 2.28 bits per heavy atom. The standard InChI is InChI=1S/C9H15F3N2O3S/c1-8(13,9(10,11)12)7(15)14-3-2-5-18(16,17)6-4-14/h2-6,13H2,1H3. The summed E-state index contributed by atoms with van der Waals surface area (Å²) in [7, 11) is -3.28. The first-order valence-electron chi connectivity index (χ1n) is 5.33. The maximum absolute atomic E-state index is 12.6. The molecule has 1 aliphatic rings. The largest absolute Gasteiger partial charge is 0.415 e. The molecule has 106 valence electrons. The van der Waals surface area contributed by atoms with Crippen LogP contribution in [0, 0.1) is 0 Å². The molecule has 0 radical (unpaired) electrons. The van der Waals surface area contributed by atoms with Crippen molar-refractivity contribution in [2.24, 2.45) is 5.73 Å². The van der Waals surface area contributed by atoms with Gasteiger partial charge in [0.05, 0.1) is 11.5 Å².